The summed E-state index contributed by atoms with van der Waals surface area (Å²) in [6.45, 7) is 8.84. The van der Waals surface area contributed by atoms with E-state index in [9.17, 15) is 0 Å². The van der Waals surface area contributed by atoms with Crippen molar-refractivity contribution in [2.24, 2.45) is 11.8 Å². The highest BCUT2D eigenvalue weighted by molar-refractivity contribution is 4.60. The predicted octanol–water partition coefficient (Wildman–Crippen LogP) is 1.94. The van der Waals surface area contributed by atoms with Gasteiger partial charge in [-0.3, -0.25) is 0 Å². The molecule has 0 aromatic carbocycles. The quantitative estimate of drug-likeness (QED) is 0.591. The van der Waals surface area contributed by atoms with E-state index < -0.39 is 0 Å². The van der Waals surface area contributed by atoms with Crippen LogP contribution in [0.2, 0.25) is 0 Å². The van der Waals surface area contributed by atoms with E-state index in [1.54, 1.807) is 7.11 Å². The summed E-state index contributed by atoms with van der Waals surface area (Å²) < 4.78 is 10.4. The van der Waals surface area contributed by atoms with Crippen LogP contribution >= 0.6 is 0 Å². The van der Waals surface area contributed by atoms with Gasteiger partial charge in [0.15, 0.2) is 0 Å². The molecule has 0 aliphatic carbocycles. The fourth-order valence-electron chi connectivity index (χ4n) is 0.916. The van der Waals surface area contributed by atoms with E-state index in [0.717, 1.165) is 19.8 Å². The normalized spacial score (nSPS) is 13.9. The minimum atomic E-state index is 0.542. The van der Waals surface area contributed by atoms with Gasteiger partial charge in [-0.1, -0.05) is 13.8 Å². The van der Waals surface area contributed by atoms with Crippen LogP contribution in [-0.2, 0) is 9.47 Å². The molecule has 0 amide bonds. The van der Waals surface area contributed by atoms with E-state index in [-0.39, 0.29) is 0 Å². The first kappa shape index (κ1) is 10.9. The summed E-state index contributed by atoms with van der Waals surface area (Å²) in [5.74, 6) is 1.18. The number of hydrogen-bond acceptors (Lipinski definition) is 2. The van der Waals surface area contributed by atoms with Crippen molar-refractivity contribution in [1.82, 2.24) is 0 Å². The first-order valence-electron chi connectivity index (χ1n) is 4.29. The zero-order valence-electron chi connectivity index (χ0n) is 8.09. The summed E-state index contributed by atoms with van der Waals surface area (Å²) in [4.78, 5) is 0. The van der Waals surface area contributed by atoms with Gasteiger partial charge in [0.05, 0.1) is 13.2 Å². The Bertz CT molecular complexity index is 81.6. The van der Waals surface area contributed by atoms with Crippen molar-refractivity contribution in [3.63, 3.8) is 0 Å². The van der Waals surface area contributed by atoms with Gasteiger partial charge >= 0.3 is 0 Å². The minimum absolute atomic E-state index is 0.542. The maximum absolute atomic E-state index is 5.33. The Balaban J connectivity index is 3.51. The summed E-state index contributed by atoms with van der Waals surface area (Å²) in [6, 6.07) is 0. The topological polar surface area (TPSA) is 18.5 Å². The van der Waals surface area contributed by atoms with Crippen molar-refractivity contribution in [2.75, 3.05) is 26.9 Å². The van der Waals surface area contributed by atoms with Gasteiger partial charge in [0, 0.05) is 19.6 Å². The van der Waals surface area contributed by atoms with E-state index in [1.807, 2.05) is 6.92 Å². The second kappa shape index (κ2) is 6.62. The molecule has 0 N–H and O–H groups in total. The van der Waals surface area contributed by atoms with Crippen molar-refractivity contribution in [3.05, 3.63) is 0 Å². The van der Waals surface area contributed by atoms with Gasteiger partial charge in [-0.25, -0.2) is 0 Å². The molecule has 68 valence electrons. The monoisotopic (exact) mass is 160 g/mol. The second-order valence-corrected chi connectivity index (χ2v) is 3.12. The van der Waals surface area contributed by atoms with E-state index in [4.69, 9.17) is 9.47 Å². The number of hydrogen-bond donors (Lipinski definition) is 0. The predicted molar refractivity (Wildman–Crippen MR) is 46.7 cm³/mol. The van der Waals surface area contributed by atoms with E-state index in [1.165, 1.54) is 0 Å². The largest absolute Gasteiger partial charge is 0.384 e. The highest BCUT2D eigenvalue weighted by Crippen LogP contribution is 2.11. The third-order valence-electron chi connectivity index (χ3n) is 1.86. The van der Waals surface area contributed by atoms with Crippen LogP contribution in [0.15, 0.2) is 0 Å². The average Bonchev–Trinajstić information content (AvgIpc) is 1.97. The average molecular weight is 160 g/mol. The van der Waals surface area contributed by atoms with Crippen molar-refractivity contribution in [2.45, 2.75) is 20.8 Å². The van der Waals surface area contributed by atoms with E-state index >= 15 is 0 Å². The standard InChI is InChI=1S/C9H20O2/c1-5-11-7-9(6-10-4)8(2)3/h8-9H,5-7H2,1-4H3. The molecule has 2 nitrogen and oxygen atoms in total. The highest BCUT2D eigenvalue weighted by atomic mass is 16.5. The molecule has 2 heteroatoms. The molecule has 1 atom stereocenters. The molecule has 0 aliphatic heterocycles. The van der Waals surface area contributed by atoms with Crippen LogP contribution in [0.4, 0.5) is 0 Å². The van der Waals surface area contributed by atoms with Crippen LogP contribution in [0.25, 0.3) is 0 Å². The number of rotatable bonds is 6. The fourth-order valence-corrected chi connectivity index (χ4v) is 0.916. The summed E-state index contributed by atoms with van der Waals surface area (Å²) in [5.41, 5.74) is 0. The molecule has 0 aliphatic rings. The van der Waals surface area contributed by atoms with Crippen LogP contribution in [0.3, 0.4) is 0 Å². The van der Waals surface area contributed by atoms with Gasteiger partial charge in [-0.2, -0.15) is 0 Å². The van der Waals surface area contributed by atoms with Crippen LogP contribution in [0.5, 0.6) is 0 Å². The van der Waals surface area contributed by atoms with Gasteiger partial charge in [-0.05, 0) is 12.8 Å². The first-order chi connectivity index (χ1) is 5.22. The summed E-state index contributed by atoms with van der Waals surface area (Å²) in [5, 5.41) is 0. The van der Waals surface area contributed by atoms with Gasteiger partial charge < -0.3 is 9.47 Å². The Kier molecular flexibility index (Phi) is 6.57. The molecule has 1 unspecified atom stereocenters. The van der Waals surface area contributed by atoms with Crippen LogP contribution in [0, 0.1) is 11.8 Å². The van der Waals surface area contributed by atoms with E-state index in [2.05, 4.69) is 13.8 Å². The molecule has 0 spiro atoms. The van der Waals surface area contributed by atoms with Gasteiger partial charge in [0.1, 0.15) is 0 Å². The van der Waals surface area contributed by atoms with Crippen molar-refractivity contribution in [1.29, 1.82) is 0 Å². The third kappa shape index (κ3) is 5.22. The minimum Gasteiger partial charge on any atom is -0.384 e. The molecular formula is C9H20O2. The molecule has 0 aromatic rings. The molecule has 0 fully saturated rings. The highest BCUT2D eigenvalue weighted by Gasteiger charge is 2.12. The third-order valence-corrected chi connectivity index (χ3v) is 1.86. The lowest BCUT2D eigenvalue weighted by Gasteiger charge is -2.19. The van der Waals surface area contributed by atoms with Gasteiger partial charge in [0.25, 0.3) is 0 Å². The summed E-state index contributed by atoms with van der Waals surface area (Å²) >= 11 is 0. The lowest BCUT2D eigenvalue weighted by atomic mass is 9.98. The maximum atomic E-state index is 5.33. The Morgan fingerprint density at radius 1 is 1.18 bits per heavy atom. The Morgan fingerprint density at radius 2 is 1.82 bits per heavy atom. The van der Waals surface area contributed by atoms with E-state index in [0.29, 0.717) is 11.8 Å². The summed E-state index contributed by atoms with van der Waals surface area (Å²) in [7, 11) is 1.74. The molecule has 0 aromatic heterocycles. The smallest absolute Gasteiger partial charge is 0.0518 e. The molecule has 0 heterocycles. The van der Waals surface area contributed by atoms with Crippen molar-refractivity contribution in [3.8, 4) is 0 Å². The zero-order valence-corrected chi connectivity index (χ0v) is 8.09. The maximum Gasteiger partial charge on any atom is 0.0518 e. The lowest BCUT2D eigenvalue weighted by molar-refractivity contribution is 0.0439. The SMILES string of the molecule is CCOCC(COC)C(C)C. The molecule has 0 radical (unpaired) electrons. The lowest BCUT2D eigenvalue weighted by Crippen LogP contribution is -2.20. The zero-order chi connectivity index (χ0) is 8.69. The van der Waals surface area contributed by atoms with Crippen LogP contribution in [0.1, 0.15) is 20.8 Å². The van der Waals surface area contributed by atoms with Crippen LogP contribution < -0.4 is 0 Å². The van der Waals surface area contributed by atoms with Gasteiger partial charge in [0.2, 0.25) is 0 Å². The fraction of sp³-hybridized carbons (Fsp3) is 1.00. The Labute approximate surface area is 69.9 Å². The molecule has 0 rings (SSSR count). The van der Waals surface area contributed by atoms with Gasteiger partial charge in [-0.15, -0.1) is 0 Å². The number of ether oxygens (including phenoxy) is 2. The Hall–Kier alpha value is -0.0800. The summed E-state index contributed by atoms with van der Waals surface area (Å²) in [6.07, 6.45) is 0. The molecular weight excluding hydrogens is 140 g/mol. The molecule has 11 heavy (non-hydrogen) atoms. The first-order valence-corrected chi connectivity index (χ1v) is 4.29. The molecule has 0 bridgehead atoms. The van der Waals surface area contributed by atoms with Crippen molar-refractivity contribution >= 4 is 0 Å². The Morgan fingerprint density at radius 3 is 2.18 bits per heavy atom. The van der Waals surface area contributed by atoms with Crippen molar-refractivity contribution < 1.29 is 9.47 Å². The van der Waals surface area contributed by atoms with Crippen LogP contribution in [-0.4, -0.2) is 26.9 Å². The number of methoxy groups -OCH3 is 1. The molecule has 0 saturated carbocycles. The second-order valence-electron chi connectivity index (χ2n) is 3.12. The molecule has 0 saturated heterocycles.